The van der Waals surface area contributed by atoms with Crippen LogP contribution in [-0.2, 0) is 11.3 Å². The Hall–Kier alpha value is -1.77. The van der Waals surface area contributed by atoms with E-state index in [0.29, 0.717) is 0 Å². The minimum absolute atomic E-state index is 0.0462. The van der Waals surface area contributed by atoms with Crippen molar-refractivity contribution >= 4 is 5.97 Å². The molecule has 0 bridgehead atoms. The molecule has 20 heavy (non-hydrogen) atoms. The molecule has 0 aromatic carbocycles. The molecule has 0 saturated carbocycles. The molecular formula is C11H12F4N2O3. The monoisotopic (exact) mass is 296 g/mol. The number of aromatic nitrogens is 2. The van der Waals surface area contributed by atoms with Crippen molar-refractivity contribution in [3.8, 4) is 0 Å². The summed E-state index contributed by atoms with van der Waals surface area (Å²) >= 11 is 0. The van der Waals surface area contributed by atoms with E-state index in [1.807, 2.05) is 0 Å². The maximum atomic E-state index is 12.6. The average molecular weight is 296 g/mol. The molecular weight excluding hydrogens is 284 g/mol. The fourth-order valence-electron chi connectivity index (χ4n) is 1.50. The molecule has 0 radical (unpaired) electrons. The number of ether oxygens (including phenoxy) is 1. The van der Waals surface area contributed by atoms with E-state index in [1.165, 1.54) is 13.8 Å². The first-order chi connectivity index (χ1) is 9.15. The van der Waals surface area contributed by atoms with Crippen LogP contribution in [0.4, 0.5) is 17.6 Å². The Balaban J connectivity index is 2.74. The molecule has 0 atom stereocenters. The molecule has 1 rings (SSSR count). The molecule has 0 saturated heterocycles. The topological polar surface area (TPSA) is 72.3 Å². The van der Waals surface area contributed by atoms with Crippen molar-refractivity contribution < 1.29 is 32.2 Å². The van der Waals surface area contributed by atoms with Gasteiger partial charge in [-0.3, -0.25) is 0 Å². The zero-order valence-electron chi connectivity index (χ0n) is 10.7. The highest BCUT2D eigenvalue weighted by Gasteiger charge is 2.41. The van der Waals surface area contributed by atoms with Gasteiger partial charge in [0.15, 0.2) is 5.82 Å². The number of rotatable bonds is 6. The third kappa shape index (κ3) is 3.86. The quantitative estimate of drug-likeness (QED) is 0.815. The van der Waals surface area contributed by atoms with E-state index in [9.17, 15) is 22.4 Å². The number of alkyl halides is 4. The third-order valence-electron chi connectivity index (χ3n) is 2.38. The van der Waals surface area contributed by atoms with Crippen LogP contribution in [0.25, 0.3) is 0 Å². The number of carboxylic acids is 1. The molecule has 0 aliphatic heterocycles. The van der Waals surface area contributed by atoms with Crippen LogP contribution in [0.3, 0.4) is 0 Å². The lowest BCUT2D eigenvalue weighted by Crippen LogP contribution is -2.32. The zero-order valence-corrected chi connectivity index (χ0v) is 10.7. The van der Waals surface area contributed by atoms with Crippen LogP contribution in [0.2, 0.25) is 0 Å². The fourth-order valence-corrected chi connectivity index (χ4v) is 1.50. The van der Waals surface area contributed by atoms with Crippen molar-refractivity contribution in [2.45, 2.75) is 32.8 Å². The van der Waals surface area contributed by atoms with Gasteiger partial charge in [-0.2, -0.15) is 8.78 Å². The second-order valence-electron chi connectivity index (χ2n) is 4.05. The Bertz CT molecular complexity index is 485. The molecule has 112 valence electrons. The number of aromatic carboxylic acids is 1. The number of aryl methyl sites for hydroxylation is 2. The summed E-state index contributed by atoms with van der Waals surface area (Å²) in [5.41, 5.74) is 0.195. The normalized spacial score (nSPS) is 11.9. The van der Waals surface area contributed by atoms with E-state index in [0.717, 1.165) is 0 Å². The highest BCUT2D eigenvalue weighted by molar-refractivity contribution is 5.89. The molecule has 0 aliphatic carbocycles. The van der Waals surface area contributed by atoms with Crippen molar-refractivity contribution in [2.24, 2.45) is 0 Å². The lowest BCUT2D eigenvalue weighted by molar-refractivity contribution is -0.168. The summed E-state index contributed by atoms with van der Waals surface area (Å²) in [5.74, 6) is -5.50. The number of carbonyl (C=O) groups is 1. The molecule has 9 heteroatoms. The van der Waals surface area contributed by atoms with Gasteiger partial charge in [-0.05, 0) is 13.8 Å². The van der Waals surface area contributed by atoms with Crippen LogP contribution in [0.15, 0.2) is 0 Å². The van der Waals surface area contributed by atoms with Gasteiger partial charge in [0.25, 0.3) is 0 Å². The highest BCUT2D eigenvalue weighted by atomic mass is 19.3. The smallest absolute Gasteiger partial charge is 0.339 e. The van der Waals surface area contributed by atoms with Crippen LogP contribution in [0.1, 0.15) is 27.6 Å². The van der Waals surface area contributed by atoms with Gasteiger partial charge in [0.1, 0.15) is 18.8 Å². The van der Waals surface area contributed by atoms with E-state index in [1.54, 1.807) is 0 Å². The van der Waals surface area contributed by atoms with Crippen molar-refractivity contribution in [3.05, 3.63) is 22.8 Å². The molecule has 0 spiro atoms. The third-order valence-corrected chi connectivity index (χ3v) is 2.38. The van der Waals surface area contributed by atoms with E-state index in [4.69, 9.17) is 5.11 Å². The van der Waals surface area contributed by atoms with Crippen molar-refractivity contribution in [3.63, 3.8) is 0 Å². The maximum absolute atomic E-state index is 12.6. The number of hydrogen-bond acceptors (Lipinski definition) is 4. The van der Waals surface area contributed by atoms with Crippen molar-refractivity contribution in [1.29, 1.82) is 0 Å². The Morgan fingerprint density at radius 3 is 2.20 bits per heavy atom. The highest BCUT2D eigenvalue weighted by Crippen LogP contribution is 2.23. The molecule has 0 aliphatic rings. The Kier molecular flexibility index (Phi) is 4.98. The molecule has 1 N–H and O–H groups in total. The minimum Gasteiger partial charge on any atom is -0.478 e. The van der Waals surface area contributed by atoms with Crippen molar-refractivity contribution in [1.82, 2.24) is 9.97 Å². The molecule has 0 unspecified atom stereocenters. The fraction of sp³-hybridized carbons (Fsp3) is 0.545. The van der Waals surface area contributed by atoms with Gasteiger partial charge in [0.05, 0.1) is 11.4 Å². The second kappa shape index (κ2) is 6.12. The average Bonchev–Trinajstić information content (AvgIpc) is 2.26. The van der Waals surface area contributed by atoms with Gasteiger partial charge >= 0.3 is 18.3 Å². The lowest BCUT2D eigenvalue weighted by atomic mass is 10.2. The number of halogens is 4. The minimum atomic E-state index is -4.24. The summed E-state index contributed by atoms with van der Waals surface area (Å²) in [5, 5.41) is 8.89. The molecule has 0 fully saturated rings. The van der Waals surface area contributed by atoms with E-state index < -0.39 is 31.5 Å². The standard InChI is InChI=1S/C11H12F4N2O3/c1-5-8(9(18)19)6(2)17-7(16-5)3-20-4-11(14,15)10(12)13/h10H,3-4H2,1-2H3,(H,18,19). The summed E-state index contributed by atoms with van der Waals surface area (Å²) < 4.78 is 53.4. The van der Waals surface area contributed by atoms with Gasteiger partial charge in [0.2, 0.25) is 0 Å². The summed E-state index contributed by atoms with van der Waals surface area (Å²) in [6.45, 7) is 0.849. The molecule has 1 aromatic heterocycles. The summed E-state index contributed by atoms with van der Waals surface area (Å²) in [6.07, 6.45) is -3.82. The van der Waals surface area contributed by atoms with Gasteiger partial charge in [-0.15, -0.1) is 0 Å². The van der Waals surface area contributed by atoms with Gasteiger partial charge in [-0.1, -0.05) is 0 Å². The molecule has 0 amide bonds. The predicted molar refractivity (Wildman–Crippen MR) is 59.1 cm³/mol. The van der Waals surface area contributed by atoms with E-state index in [2.05, 4.69) is 14.7 Å². The zero-order chi connectivity index (χ0) is 15.5. The summed E-state index contributed by atoms with van der Waals surface area (Å²) in [4.78, 5) is 18.4. The number of carboxylic acid groups (broad SMARTS) is 1. The predicted octanol–water partition coefficient (Wildman–Crippen LogP) is 2.21. The Morgan fingerprint density at radius 2 is 1.80 bits per heavy atom. The van der Waals surface area contributed by atoms with Gasteiger partial charge in [-0.25, -0.2) is 23.5 Å². The van der Waals surface area contributed by atoms with Crippen molar-refractivity contribution in [2.75, 3.05) is 6.61 Å². The first kappa shape index (κ1) is 16.3. The van der Waals surface area contributed by atoms with Gasteiger partial charge in [0, 0.05) is 0 Å². The first-order valence-electron chi connectivity index (χ1n) is 5.46. The van der Waals surface area contributed by atoms with E-state index >= 15 is 0 Å². The van der Waals surface area contributed by atoms with E-state index in [-0.39, 0.29) is 22.8 Å². The summed E-state index contributed by atoms with van der Waals surface area (Å²) in [6, 6.07) is 0. The van der Waals surface area contributed by atoms with Crippen LogP contribution < -0.4 is 0 Å². The maximum Gasteiger partial charge on any atom is 0.339 e. The number of nitrogens with zero attached hydrogens (tertiary/aromatic N) is 2. The molecule has 1 aromatic rings. The van der Waals surface area contributed by atoms with Crippen LogP contribution >= 0.6 is 0 Å². The summed E-state index contributed by atoms with van der Waals surface area (Å²) in [7, 11) is 0. The lowest BCUT2D eigenvalue weighted by Gasteiger charge is -2.15. The van der Waals surface area contributed by atoms with Gasteiger partial charge < -0.3 is 9.84 Å². The van der Waals surface area contributed by atoms with Crippen LogP contribution in [0.5, 0.6) is 0 Å². The Labute approximate surface area is 111 Å². The molecule has 1 heterocycles. The first-order valence-corrected chi connectivity index (χ1v) is 5.46. The van der Waals surface area contributed by atoms with Crippen LogP contribution in [0, 0.1) is 13.8 Å². The second-order valence-corrected chi connectivity index (χ2v) is 4.05. The largest absolute Gasteiger partial charge is 0.478 e. The molecule has 5 nitrogen and oxygen atoms in total. The Morgan fingerprint density at radius 1 is 1.30 bits per heavy atom. The SMILES string of the molecule is Cc1nc(COCC(F)(F)C(F)F)nc(C)c1C(=O)O. The number of hydrogen-bond donors (Lipinski definition) is 1. The van der Waals surface area contributed by atoms with Crippen LogP contribution in [-0.4, -0.2) is 40.0 Å².